The monoisotopic (exact) mass is 459 g/mol. The molecule has 1 saturated heterocycles. The highest BCUT2D eigenvalue weighted by molar-refractivity contribution is 8.00. The molecular formula is C27H29N3O2S. The minimum atomic E-state index is -0.136. The molecule has 170 valence electrons. The molecule has 1 unspecified atom stereocenters. The average Bonchev–Trinajstić information content (AvgIpc) is 3.39. The van der Waals surface area contributed by atoms with E-state index >= 15 is 0 Å². The summed E-state index contributed by atoms with van der Waals surface area (Å²) in [5, 5.41) is 6.07. The van der Waals surface area contributed by atoms with Crippen LogP contribution in [0, 0.1) is 0 Å². The number of thioether (sulfide) groups is 1. The molecule has 0 radical (unpaired) electrons. The smallest absolute Gasteiger partial charge is 0.253 e. The highest BCUT2D eigenvalue weighted by Crippen LogP contribution is 2.28. The molecule has 1 heterocycles. The Bertz CT molecular complexity index is 1080. The van der Waals surface area contributed by atoms with Crippen LogP contribution in [0.2, 0.25) is 0 Å². The molecule has 2 amide bonds. The van der Waals surface area contributed by atoms with E-state index in [4.69, 9.17) is 0 Å². The molecular weight excluding hydrogens is 430 g/mol. The fourth-order valence-electron chi connectivity index (χ4n) is 3.99. The third-order valence-electron chi connectivity index (χ3n) is 5.73. The number of nitrogens with zero attached hydrogens (tertiary/aromatic N) is 1. The van der Waals surface area contributed by atoms with Crippen molar-refractivity contribution >= 4 is 35.0 Å². The second-order valence-corrected chi connectivity index (χ2v) is 9.23. The van der Waals surface area contributed by atoms with E-state index in [-0.39, 0.29) is 17.9 Å². The van der Waals surface area contributed by atoms with Gasteiger partial charge in [0.2, 0.25) is 5.91 Å². The van der Waals surface area contributed by atoms with Crippen LogP contribution in [-0.2, 0) is 4.79 Å². The topological polar surface area (TPSA) is 61.4 Å². The van der Waals surface area contributed by atoms with Crippen molar-refractivity contribution in [1.29, 1.82) is 0 Å². The summed E-state index contributed by atoms with van der Waals surface area (Å²) >= 11 is 1.49. The van der Waals surface area contributed by atoms with E-state index in [0.29, 0.717) is 17.0 Å². The molecule has 4 rings (SSSR count). The minimum Gasteiger partial charge on any atom is -0.371 e. The maximum absolute atomic E-state index is 13.3. The molecule has 0 spiro atoms. The van der Waals surface area contributed by atoms with Crippen molar-refractivity contribution in [3.8, 4) is 0 Å². The summed E-state index contributed by atoms with van der Waals surface area (Å²) < 4.78 is 0. The molecule has 1 atom stereocenters. The first kappa shape index (κ1) is 22.9. The fraction of sp³-hybridized carbons (Fsp3) is 0.259. The van der Waals surface area contributed by atoms with Gasteiger partial charge >= 0.3 is 0 Å². The van der Waals surface area contributed by atoms with Gasteiger partial charge in [-0.15, -0.1) is 11.8 Å². The number of carbonyl (C=O) groups excluding carboxylic acids is 2. The van der Waals surface area contributed by atoms with E-state index in [1.807, 2.05) is 79.7 Å². The molecule has 1 fully saturated rings. The lowest BCUT2D eigenvalue weighted by Crippen LogP contribution is -2.29. The second kappa shape index (κ2) is 11.1. The van der Waals surface area contributed by atoms with Crippen LogP contribution in [0.1, 0.15) is 41.7 Å². The molecule has 1 aliphatic heterocycles. The Morgan fingerprint density at radius 3 is 2.30 bits per heavy atom. The predicted octanol–water partition coefficient (Wildman–Crippen LogP) is 5.51. The zero-order valence-corrected chi connectivity index (χ0v) is 19.6. The van der Waals surface area contributed by atoms with E-state index in [2.05, 4.69) is 15.5 Å². The number of rotatable bonds is 8. The number of amides is 2. The van der Waals surface area contributed by atoms with Gasteiger partial charge in [0.15, 0.2) is 0 Å². The van der Waals surface area contributed by atoms with Crippen molar-refractivity contribution in [3.05, 3.63) is 90.0 Å². The van der Waals surface area contributed by atoms with Crippen molar-refractivity contribution in [2.75, 3.05) is 29.1 Å². The number of hydrogen-bond donors (Lipinski definition) is 2. The Hall–Kier alpha value is -3.25. The second-order valence-electron chi connectivity index (χ2n) is 8.18. The molecule has 0 saturated carbocycles. The first-order valence-corrected chi connectivity index (χ1v) is 12.3. The molecule has 3 aromatic carbocycles. The molecule has 3 aromatic rings. The number of nitrogens with one attached hydrogen (secondary N) is 2. The van der Waals surface area contributed by atoms with Gasteiger partial charge in [0.25, 0.3) is 5.91 Å². The van der Waals surface area contributed by atoms with Crippen LogP contribution in [-0.4, -0.2) is 30.7 Å². The maximum atomic E-state index is 13.3. The van der Waals surface area contributed by atoms with Crippen LogP contribution in [0.3, 0.4) is 0 Å². The summed E-state index contributed by atoms with van der Waals surface area (Å²) in [5.74, 6) is 0.0783. The zero-order chi connectivity index (χ0) is 23.0. The van der Waals surface area contributed by atoms with Gasteiger partial charge in [-0.25, -0.2) is 0 Å². The van der Waals surface area contributed by atoms with Crippen LogP contribution in [0.25, 0.3) is 0 Å². The van der Waals surface area contributed by atoms with Crippen molar-refractivity contribution in [2.45, 2.75) is 30.7 Å². The summed E-state index contributed by atoms with van der Waals surface area (Å²) in [5.41, 5.74) is 3.19. The molecule has 0 bridgehead atoms. The quantitative estimate of drug-likeness (QED) is 0.436. The Kier molecular flexibility index (Phi) is 7.68. The Labute approximate surface area is 199 Å². The Balaban J connectivity index is 1.49. The SMILES string of the molecule is CC(NC(=O)c1cc(NC(=O)CSc2ccccc2)ccc1N1CCCC1)c1ccccc1. The number of anilines is 2. The van der Waals surface area contributed by atoms with Crippen LogP contribution >= 0.6 is 11.8 Å². The summed E-state index contributed by atoms with van der Waals surface area (Å²) in [6.45, 7) is 3.86. The molecule has 6 heteroatoms. The van der Waals surface area contributed by atoms with Crippen LogP contribution in [0.5, 0.6) is 0 Å². The molecule has 2 N–H and O–H groups in total. The Morgan fingerprint density at radius 2 is 1.61 bits per heavy atom. The van der Waals surface area contributed by atoms with Gasteiger partial charge in [0, 0.05) is 29.4 Å². The minimum absolute atomic E-state index is 0.0956. The van der Waals surface area contributed by atoms with Crippen molar-refractivity contribution in [2.24, 2.45) is 0 Å². The van der Waals surface area contributed by atoms with Crippen LogP contribution in [0.4, 0.5) is 11.4 Å². The van der Waals surface area contributed by atoms with E-state index in [1.165, 1.54) is 11.8 Å². The van der Waals surface area contributed by atoms with E-state index < -0.39 is 0 Å². The third-order valence-corrected chi connectivity index (χ3v) is 6.74. The van der Waals surface area contributed by atoms with Crippen molar-refractivity contribution in [1.82, 2.24) is 5.32 Å². The fourth-order valence-corrected chi connectivity index (χ4v) is 4.71. The first-order valence-electron chi connectivity index (χ1n) is 11.3. The lowest BCUT2D eigenvalue weighted by atomic mass is 10.1. The van der Waals surface area contributed by atoms with Crippen LogP contribution in [0.15, 0.2) is 83.8 Å². The van der Waals surface area contributed by atoms with Crippen LogP contribution < -0.4 is 15.5 Å². The maximum Gasteiger partial charge on any atom is 0.253 e. The van der Waals surface area contributed by atoms with Gasteiger partial charge in [-0.05, 0) is 55.7 Å². The summed E-state index contributed by atoms with van der Waals surface area (Å²) in [6.07, 6.45) is 2.24. The molecule has 0 aromatic heterocycles. The van der Waals surface area contributed by atoms with Gasteiger partial charge in [0.1, 0.15) is 0 Å². The van der Waals surface area contributed by atoms with E-state index in [0.717, 1.165) is 42.1 Å². The van der Waals surface area contributed by atoms with Gasteiger partial charge < -0.3 is 15.5 Å². The van der Waals surface area contributed by atoms with E-state index in [9.17, 15) is 9.59 Å². The van der Waals surface area contributed by atoms with Crippen molar-refractivity contribution < 1.29 is 9.59 Å². The predicted molar refractivity (Wildman–Crippen MR) is 136 cm³/mol. The van der Waals surface area contributed by atoms with Gasteiger partial charge in [0.05, 0.1) is 17.4 Å². The van der Waals surface area contributed by atoms with E-state index in [1.54, 1.807) is 6.07 Å². The number of carbonyl (C=O) groups is 2. The third kappa shape index (κ3) is 6.17. The molecule has 0 aliphatic carbocycles. The average molecular weight is 460 g/mol. The first-order chi connectivity index (χ1) is 16.1. The van der Waals surface area contributed by atoms with Gasteiger partial charge in [-0.1, -0.05) is 48.5 Å². The lowest BCUT2D eigenvalue weighted by Gasteiger charge is -2.23. The lowest BCUT2D eigenvalue weighted by molar-refractivity contribution is -0.113. The summed E-state index contributed by atoms with van der Waals surface area (Å²) in [4.78, 5) is 29.1. The normalized spacial score (nSPS) is 14.0. The van der Waals surface area contributed by atoms with Gasteiger partial charge in [-0.3, -0.25) is 9.59 Å². The zero-order valence-electron chi connectivity index (χ0n) is 18.8. The highest BCUT2D eigenvalue weighted by atomic mass is 32.2. The Morgan fingerprint density at radius 1 is 0.939 bits per heavy atom. The highest BCUT2D eigenvalue weighted by Gasteiger charge is 2.22. The van der Waals surface area contributed by atoms with Crippen molar-refractivity contribution in [3.63, 3.8) is 0 Å². The number of hydrogen-bond acceptors (Lipinski definition) is 4. The molecule has 1 aliphatic rings. The molecule has 5 nitrogen and oxygen atoms in total. The summed E-state index contributed by atoms with van der Waals surface area (Å²) in [6, 6.07) is 25.3. The summed E-state index contributed by atoms with van der Waals surface area (Å²) in [7, 11) is 0. The molecule has 33 heavy (non-hydrogen) atoms. The number of benzene rings is 3. The van der Waals surface area contributed by atoms with Gasteiger partial charge in [-0.2, -0.15) is 0 Å². The standard InChI is InChI=1S/C27H29N3O2S/c1-20(21-10-4-2-5-11-21)28-27(32)24-18-22(14-15-25(24)30-16-8-9-17-30)29-26(31)19-33-23-12-6-3-7-13-23/h2-7,10-15,18,20H,8-9,16-17,19H2,1H3,(H,28,32)(H,29,31). The largest absolute Gasteiger partial charge is 0.371 e.